The molecule has 1 atom stereocenters. The largest absolute Gasteiger partial charge is 0.356 e. The predicted octanol–water partition coefficient (Wildman–Crippen LogP) is 4.74. The summed E-state index contributed by atoms with van der Waals surface area (Å²) in [7, 11) is 0. The van der Waals surface area contributed by atoms with Crippen molar-refractivity contribution in [3.63, 3.8) is 0 Å². The van der Waals surface area contributed by atoms with Gasteiger partial charge in [0.25, 0.3) is 0 Å². The molecule has 2 aromatic heterocycles. The number of hydrogen-bond acceptors (Lipinski definition) is 4. The molecule has 0 spiro atoms. The van der Waals surface area contributed by atoms with Crippen LogP contribution in [0.1, 0.15) is 47.1 Å². The Kier molecular flexibility index (Phi) is 5.51. The van der Waals surface area contributed by atoms with Gasteiger partial charge in [0, 0.05) is 54.6 Å². The van der Waals surface area contributed by atoms with E-state index in [2.05, 4.69) is 19.9 Å². The van der Waals surface area contributed by atoms with Gasteiger partial charge in [0.1, 0.15) is 23.3 Å². The van der Waals surface area contributed by atoms with Crippen molar-refractivity contribution in [2.45, 2.75) is 39.0 Å². The van der Waals surface area contributed by atoms with E-state index in [9.17, 15) is 8.78 Å². The smallest absolute Gasteiger partial charge is 0.132 e. The van der Waals surface area contributed by atoms with Crippen LogP contribution >= 0.6 is 0 Å². The van der Waals surface area contributed by atoms with E-state index in [-0.39, 0.29) is 12.0 Å². The number of halogens is 2. The second-order valence-electron chi connectivity index (χ2n) is 7.67. The third kappa shape index (κ3) is 4.42. The summed E-state index contributed by atoms with van der Waals surface area (Å²) in [6, 6.07) is 9.88. The first-order valence-corrected chi connectivity index (χ1v) is 9.94. The molecule has 0 amide bonds. The van der Waals surface area contributed by atoms with Gasteiger partial charge in [-0.05, 0) is 50.5 Å². The van der Waals surface area contributed by atoms with Crippen molar-refractivity contribution in [2.75, 3.05) is 18.0 Å². The Morgan fingerprint density at radius 2 is 1.86 bits per heavy atom. The molecule has 1 saturated heterocycles. The summed E-state index contributed by atoms with van der Waals surface area (Å²) in [5.41, 5.74) is 2.86. The second kappa shape index (κ2) is 8.23. The number of piperidine rings is 1. The van der Waals surface area contributed by atoms with Gasteiger partial charge in [-0.1, -0.05) is 12.1 Å². The molecule has 0 radical (unpaired) electrons. The molecule has 0 N–H and O–H groups in total. The van der Waals surface area contributed by atoms with Crippen molar-refractivity contribution in [3.05, 3.63) is 82.6 Å². The van der Waals surface area contributed by atoms with Crippen molar-refractivity contribution in [3.8, 4) is 0 Å². The van der Waals surface area contributed by atoms with Crippen molar-refractivity contribution in [2.24, 2.45) is 0 Å². The van der Waals surface area contributed by atoms with Crippen LogP contribution in [-0.2, 0) is 6.42 Å². The summed E-state index contributed by atoms with van der Waals surface area (Å²) in [5, 5.41) is 0. The van der Waals surface area contributed by atoms with E-state index in [1.807, 2.05) is 32.0 Å². The fraction of sp³-hybridized carbons (Fsp3) is 0.348. The topological polar surface area (TPSA) is 41.9 Å². The van der Waals surface area contributed by atoms with Crippen LogP contribution in [0, 0.1) is 25.5 Å². The summed E-state index contributed by atoms with van der Waals surface area (Å²) < 4.78 is 27.8. The Morgan fingerprint density at radius 3 is 2.55 bits per heavy atom. The van der Waals surface area contributed by atoms with Gasteiger partial charge >= 0.3 is 0 Å². The molecule has 3 heterocycles. The van der Waals surface area contributed by atoms with Crippen molar-refractivity contribution < 1.29 is 8.78 Å². The van der Waals surface area contributed by atoms with Crippen LogP contribution in [0.5, 0.6) is 0 Å². The quantitative estimate of drug-likeness (QED) is 0.641. The van der Waals surface area contributed by atoms with Crippen molar-refractivity contribution >= 4 is 5.82 Å². The molecule has 150 valence electrons. The molecule has 0 aliphatic carbocycles. The standard InChI is InChI=1S/C23H24F2N4/c1-15-11-23(28-16(2)27-15)29-10-4-5-18(14-29)22-9-8-17(13-26-22)12-19-20(24)6-3-7-21(19)25/h3,6-9,11,13,18H,4-5,10,12,14H2,1-2H3. The molecule has 1 unspecified atom stereocenters. The van der Waals surface area contributed by atoms with E-state index in [0.29, 0.717) is 5.92 Å². The Labute approximate surface area is 169 Å². The van der Waals surface area contributed by atoms with Gasteiger partial charge in [0.15, 0.2) is 0 Å². The van der Waals surface area contributed by atoms with Crippen LogP contribution in [0.25, 0.3) is 0 Å². The summed E-state index contributed by atoms with van der Waals surface area (Å²) in [6.45, 7) is 5.72. The average molecular weight is 394 g/mol. The van der Waals surface area contributed by atoms with Gasteiger partial charge < -0.3 is 4.90 Å². The Balaban J connectivity index is 1.48. The lowest BCUT2D eigenvalue weighted by atomic mass is 9.93. The van der Waals surface area contributed by atoms with Gasteiger partial charge in [-0.2, -0.15) is 0 Å². The van der Waals surface area contributed by atoms with Crippen LogP contribution < -0.4 is 4.90 Å². The minimum Gasteiger partial charge on any atom is -0.356 e. The first kappa shape index (κ1) is 19.4. The number of pyridine rings is 1. The maximum absolute atomic E-state index is 13.9. The lowest BCUT2D eigenvalue weighted by Crippen LogP contribution is -2.35. The van der Waals surface area contributed by atoms with Gasteiger partial charge in [0.2, 0.25) is 0 Å². The molecule has 1 aromatic carbocycles. The zero-order chi connectivity index (χ0) is 20.4. The molecule has 1 aliphatic heterocycles. The lowest BCUT2D eigenvalue weighted by molar-refractivity contribution is 0.498. The summed E-state index contributed by atoms with van der Waals surface area (Å²) in [4.78, 5) is 15.9. The maximum atomic E-state index is 13.9. The third-order valence-electron chi connectivity index (χ3n) is 5.41. The van der Waals surface area contributed by atoms with E-state index in [1.165, 1.54) is 18.2 Å². The van der Waals surface area contributed by atoms with E-state index in [0.717, 1.165) is 54.5 Å². The molecular weight excluding hydrogens is 370 g/mol. The summed E-state index contributed by atoms with van der Waals surface area (Å²) in [5.74, 6) is 1.01. The number of rotatable bonds is 4. The highest BCUT2D eigenvalue weighted by molar-refractivity contribution is 5.41. The zero-order valence-corrected chi connectivity index (χ0v) is 16.7. The molecule has 4 rings (SSSR count). The third-order valence-corrected chi connectivity index (χ3v) is 5.41. The molecule has 0 saturated carbocycles. The summed E-state index contributed by atoms with van der Waals surface area (Å²) in [6.07, 6.45) is 4.06. The molecule has 1 fully saturated rings. The number of aryl methyl sites for hydroxylation is 2. The van der Waals surface area contributed by atoms with Crippen LogP contribution in [0.15, 0.2) is 42.6 Å². The highest BCUT2D eigenvalue weighted by atomic mass is 19.1. The molecule has 0 bridgehead atoms. The number of anilines is 1. The highest BCUT2D eigenvalue weighted by Gasteiger charge is 2.23. The van der Waals surface area contributed by atoms with Gasteiger partial charge in [-0.25, -0.2) is 18.7 Å². The normalized spacial score (nSPS) is 16.8. The van der Waals surface area contributed by atoms with E-state index in [4.69, 9.17) is 0 Å². The highest BCUT2D eigenvalue weighted by Crippen LogP contribution is 2.29. The minimum atomic E-state index is -0.521. The van der Waals surface area contributed by atoms with Crippen molar-refractivity contribution in [1.29, 1.82) is 0 Å². The molecule has 1 aliphatic rings. The van der Waals surface area contributed by atoms with Gasteiger partial charge in [-0.3, -0.25) is 4.98 Å². The van der Waals surface area contributed by atoms with Gasteiger partial charge in [0.05, 0.1) is 0 Å². The SMILES string of the molecule is Cc1cc(N2CCCC(c3ccc(Cc4c(F)cccc4F)cn3)C2)nc(C)n1. The van der Waals surface area contributed by atoms with E-state index < -0.39 is 11.6 Å². The predicted molar refractivity (Wildman–Crippen MR) is 109 cm³/mol. The molecule has 6 heteroatoms. The second-order valence-corrected chi connectivity index (χ2v) is 7.67. The summed E-state index contributed by atoms with van der Waals surface area (Å²) >= 11 is 0. The minimum absolute atomic E-state index is 0.0837. The molecule has 4 nitrogen and oxygen atoms in total. The molecule has 29 heavy (non-hydrogen) atoms. The molecular formula is C23H24F2N4. The van der Waals surface area contributed by atoms with Gasteiger partial charge in [-0.15, -0.1) is 0 Å². The number of nitrogens with zero attached hydrogens (tertiary/aromatic N) is 4. The monoisotopic (exact) mass is 394 g/mol. The lowest BCUT2D eigenvalue weighted by Gasteiger charge is -2.33. The van der Waals surface area contributed by atoms with Crippen LogP contribution in [0.2, 0.25) is 0 Å². The van der Waals surface area contributed by atoms with E-state index in [1.54, 1.807) is 6.20 Å². The Hall–Kier alpha value is -2.89. The van der Waals surface area contributed by atoms with E-state index >= 15 is 0 Å². The fourth-order valence-corrected chi connectivity index (χ4v) is 3.97. The maximum Gasteiger partial charge on any atom is 0.132 e. The number of benzene rings is 1. The number of hydrogen-bond donors (Lipinski definition) is 0. The van der Waals surface area contributed by atoms with Crippen LogP contribution in [0.4, 0.5) is 14.6 Å². The zero-order valence-electron chi connectivity index (χ0n) is 16.7. The first-order chi connectivity index (χ1) is 14.0. The van der Waals surface area contributed by atoms with Crippen LogP contribution in [-0.4, -0.2) is 28.0 Å². The van der Waals surface area contributed by atoms with Crippen LogP contribution in [0.3, 0.4) is 0 Å². The Morgan fingerprint density at radius 1 is 1.07 bits per heavy atom. The first-order valence-electron chi connectivity index (χ1n) is 9.94. The Bertz CT molecular complexity index is 964. The fourth-order valence-electron chi connectivity index (χ4n) is 3.97. The van der Waals surface area contributed by atoms with Crippen molar-refractivity contribution in [1.82, 2.24) is 15.0 Å². The molecule has 3 aromatic rings. The average Bonchev–Trinajstić information content (AvgIpc) is 2.71. The number of aromatic nitrogens is 3.